The van der Waals surface area contributed by atoms with Gasteiger partial charge in [0, 0.05) is 23.2 Å². The van der Waals surface area contributed by atoms with Crippen molar-refractivity contribution < 1.29 is 5.11 Å². The molecule has 0 aliphatic carbocycles. The third-order valence-corrected chi connectivity index (χ3v) is 5.37. The summed E-state index contributed by atoms with van der Waals surface area (Å²) in [5.41, 5.74) is 1.99. The second-order valence-corrected chi connectivity index (χ2v) is 6.34. The predicted octanol–water partition coefficient (Wildman–Crippen LogP) is 3.39. The molecule has 2 aromatic rings. The second kappa shape index (κ2) is 5.55. The number of aliphatic hydroxyl groups excluding tert-OH is 1. The lowest BCUT2D eigenvalue weighted by atomic mass is 10.1. The van der Waals surface area contributed by atoms with Crippen molar-refractivity contribution in [2.75, 3.05) is 0 Å². The number of aromatic nitrogens is 2. The molecule has 98 valence electrons. The molecule has 0 aliphatic heterocycles. The maximum atomic E-state index is 10.3. The van der Waals surface area contributed by atoms with Crippen LogP contribution in [0.1, 0.15) is 34.2 Å². The van der Waals surface area contributed by atoms with E-state index in [9.17, 15) is 5.11 Å². The minimum atomic E-state index is -0.457. The first kappa shape index (κ1) is 13.8. The highest BCUT2D eigenvalue weighted by Gasteiger charge is 2.17. The van der Waals surface area contributed by atoms with Crippen molar-refractivity contribution in [3.63, 3.8) is 0 Å². The molecule has 5 heteroatoms. The van der Waals surface area contributed by atoms with Crippen molar-refractivity contribution in [2.45, 2.75) is 32.8 Å². The Morgan fingerprint density at radius 3 is 2.72 bits per heavy atom. The molecule has 1 N–H and O–H groups in total. The fraction of sp³-hybridized carbons (Fsp3) is 0.462. The van der Waals surface area contributed by atoms with Gasteiger partial charge in [0.15, 0.2) is 0 Å². The van der Waals surface area contributed by atoms with Gasteiger partial charge in [-0.25, -0.2) is 0 Å². The van der Waals surface area contributed by atoms with Crippen molar-refractivity contribution in [3.05, 3.63) is 37.7 Å². The number of hydrogen-bond donors (Lipinski definition) is 1. The quantitative estimate of drug-likeness (QED) is 0.934. The first-order valence-corrected chi connectivity index (χ1v) is 7.58. The van der Waals surface area contributed by atoms with E-state index in [0.29, 0.717) is 6.42 Å². The van der Waals surface area contributed by atoms with Gasteiger partial charge >= 0.3 is 0 Å². The average molecular weight is 329 g/mol. The van der Waals surface area contributed by atoms with Crippen LogP contribution in [0.3, 0.4) is 0 Å². The van der Waals surface area contributed by atoms with Gasteiger partial charge in [0.05, 0.1) is 22.0 Å². The number of thiophene rings is 1. The molecular weight excluding hydrogens is 312 g/mol. The summed E-state index contributed by atoms with van der Waals surface area (Å²) in [4.78, 5) is 2.34. The number of aryl methyl sites for hydroxylation is 3. The Kier molecular flexibility index (Phi) is 4.25. The molecule has 2 heterocycles. The van der Waals surface area contributed by atoms with Crippen LogP contribution < -0.4 is 0 Å². The fourth-order valence-electron chi connectivity index (χ4n) is 1.95. The van der Waals surface area contributed by atoms with Gasteiger partial charge in [0.25, 0.3) is 0 Å². The molecule has 0 fully saturated rings. The van der Waals surface area contributed by atoms with Crippen LogP contribution in [0.5, 0.6) is 0 Å². The molecule has 0 saturated carbocycles. The van der Waals surface area contributed by atoms with Gasteiger partial charge in [-0.15, -0.1) is 11.3 Å². The summed E-state index contributed by atoms with van der Waals surface area (Å²) in [7, 11) is 1.91. The molecule has 0 bridgehead atoms. The third-order valence-electron chi connectivity index (χ3n) is 3.01. The van der Waals surface area contributed by atoms with E-state index in [1.165, 1.54) is 4.88 Å². The van der Waals surface area contributed by atoms with Gasteiger partial charge in [-0.3, -0.25) is 4.68 Å². The van der Waals surface area contributed by atoms with Crippen LogP contribution in [0, 0.1) is 6.92 Å². The van der Waals surface area contributed by atoms with E-state index in [1.807, 2.05) is 24.7 Å². The molecule has 18 heavy (non-hydrogen) atoms. The van der Waals surface area contributed by atoms with E-state index >= 15 is 0 Å². The Balaban J connectivity index is 2.18. The normalized spacial score (nSPS) is 12.9. The maximum Gasteiger partial charge on any atom is 0.0937 e. The summed E-state index contributed by atoms with van der Waals surface area (Å²) >= 11 is 5.21. The number of halogens is 1. The first-order chi connectivity index (χ1) is 8.52. The Hall–Kier alpha value is -0.650. The second-order valence-electron chi connectivity index (χ2n) is 4.35. The zero-order valence-electron chi connectivity index (χ0n) is 10.8. The molecule has 1 atom stereocenters. The van der Waals surface area contributed by atoms with Crippen LogP contribution in [0.2, 0.25) is 0 Å². The highest BCUT2D eigenvalue weighted by Crippen LogP contribution is 2.29. The minimum Gasteiger partial charge on any atom is -0.387 e. The van der Waals surface area contributed by atoms with Crippen LogP contribution in [-0.4, -0.2) is 14.9 Å². The summed E-state index contributed by atoms with van der Waals surface area (Å²) in [6.07, 6.45) is 1.15. The van der Waals surface area contributed by atoms with E-state index in [4.69, 9.17) is 0 Å². The fourth-order valence-corrected chi connectivity index (χ4v) is 3.39. The van der Waals surface area contributed by atoms with Crippen molar-refractivity contribution >= 4 is 27.3 Å². The van der Waals surface area contributed by atoms with Crippen LogP contribution in [0.15, 0.2) is 16.6 Å². The topological polar surface area (TPSA) is 38.1 Å². The molecule has 0 aliphatic rings. The Morgan fingerprint density at radius 1 is 1.50 bits per heavy atom. The van der Waals surface area contributed by atoms with E-state index in [-0.39, 0.29) is 0 Å². The SMILES string of the molecule is CCc1ccc(C(O)Cc2c(Br)c(C)nn2C)s1. The number of rotatable bonds is 4. The number of hydrogen-bond acceptors (Lipinski definition) is 3. The van der Waals surface area contributed by atoms with Crippen molar-refractivity contribution in [1.82, 2.24) is 9.78 Å². The van der Waals surface area contributed by atoms with Gasteiger partial charge in [-0.05, 0) is 41.4 Å². The highest BCUT2D eigenvalue weighted by molar-refractivity contribution is 9.10. The van der Waals surface area contributed by atoms with E-state index in [0.717, 1.165) is 27.2 Å². The summed E-state index contributed by atoms with van der Waals surface area (Å²) in [5.74, 6) is 0. The molecule has 0 saturated heterocycles. The summed E-state index contributed by atoms with van der Waals surface area (Å²) in [6.45, 7) is 4.09. The molecule has 0 spiro atoms. The number of nitrogens with zero attached hydrogens (tertiary/aromatic N) is 2. The van der Waals surface area contributed by atoms with Gasteiger partial charge in [0.1, 0.15) is 0 Å². The first-order valence-electron chi connectivity index (χ1n) is 5.97. The standard InChI is InChI=1S/C13H17BrN2OS/c1-4-9-5-6-12(18-9)11(17)7-10-13(14)8(2)15-16(10)3/h5-6,11,17H,4,7H2,1-3H3. The van der Waals surface area contributed by atoms with Crippen molar-refractivity contribution in [3.8, 4) is 0 Å². The minimum absolute atomic E-state index is 0.457. The lowest BCUT2D eigenvalue weighted by Gasteiger charge is -2.09. The zero-order valence-corrected chi connectivity index (χ0v) is 13.2. The van der Waals surface area contributed by atoms with Crippen molar-refractivity contribution in [1.29, 1.82) is 0 Å². The number of aliphatic hydroxyl groups is 1. The van der Waals surface area contributed by atoms with Crippen LogP contribution in [0.4, 0.5) is 0 Å². The van der Waals surface area contributed by atoms with Crippen LogP contribution >= 0.6 is 27.3 Å². The smallest absolute Gasteiger partial charge is 0.0937 e. The third kappa shape index (κ3) is 2.68. The summed E-state index contributed by atoms with van der Waals surface area (Å²) < 4.78 is 2.83. The maximum absolute atomic E-state index is 10.3. The molecule has 3 nitrogen and oxygen atoms in total. The molecule has 1 unspecified atom stereocenters. The lowest BCUT2D eigenvalue weighted by molar-refractivity contribution is 0.179. The molecule has 0 radical (unpaired) electrons. The summed E-state index contributed by atoms with van der Waals surface area (Å²) in [5, 5.41) is 14.6. The molecule has 2 aromatic heterocycles. The monoisotopic (exact) mass is 328 g/mol. The average Bonchev–Trinajstić information content (AvgIpc) is 2.90. The Bertz CT molecular complexity index is 547. The molecular formula is C13H17BrN2OS. The molecule has 2 rings (SSSR count). The Labute approximate surface area is 120 Å². The largest absolute Gasteiger partial charge is 0.387 e. The van der Waals surface area contributed by atoms with Crippen molar-refractivity contribution in [2.24, 2.45) is 7.05 Å². The van der Waals surface area contributed by atoms with Crippen LogP contribution in [-0.2, 0) is 19.9 Å². The van der Waals surface area contributed by atoms with E-state index < -0.39 is 6.10 Å². The Morgan fingerprint density at radius 2 is 2.22 bits per heavy atom. The van der Waals surface area contributed by atoms with Gasteiger partial charge in [-0.1, -0.05) is 6.92 Å². The van der Waals surface area contributed by atoms with Gasteiger partial charge in [-0.2, -0.15) is 5.10 Å². The van der Waals surface area contributed by atoms with Crippen LogP contribution in [0.25, 0.3) is 0 Å². The predicted molar refractivity (Wildman–Crippen MR) is 78.0 cm³/mol. The zero-order chi connectivity index (χ0) is 13.3. The van der Waals surface area contributed by atoms with E-state index in [1.54, 1.807) is 11.3 Å². The summed E-state index contributed by atoms with van der Waals surface area (Å²) in [6, 6.07) is 4.11. The highest BCUT2D eigenvalue weighted by atomic mass is 79.9. The van der Waals surface area contributed by atoms with Gasteiger partial charge in [0.2, 0.25) is 0 Å². The van der Waals surface area contributed by atoms with E-state index in [2.05, 4.69) is 34.0 Å². The molecule has 0 amide bonds. The molecule has 0 aromatic carbocycles. The lowest BCUT2D eigenvalue weighted by Crippen LogP contribution is -2.05. The van der Waals surface area contributed by atoms with Gasteiger partial charge < -0.3 is 5.11 Å².